The maximum atomic E-state index is 10.6. The number of rotatable bonds is 0. The van der Waals surface area contributed by atoms with Crippen molar-refractivity contribution in [2.45, 2.75) is 51.4 Å². The number of halogens is 4. The molecule has 0 aromatic rings. The third-order valence-electron chi connectivity index (χ3n) is 2.98. The molecule has 0 saturated carbocycles. The lowest BCUT2D eigenvalue weighted by Crippen LogP contribution is -3.00. The topological polar surface area (TPSA) is 53.4 Å². The average molecular weight is 388 g/mol. The van der Waals surface area contributed by atoms with Crippen LogP contribution in [0.3, 0.4) is 0 Å². The van der Waals surface area contributed by atoms with Crippen molar-refractivity contribution in [1.82, 2.24) is 5.32 Å². The molecule has 0 aliphatic carbocycles. The van der Waals surface area contributed by atoms with Crippen LogP contribution in [-0.2, 0) is 13.9 Å². The van der Waals surface area contributed by atoms with E-state index in [4.69, 9.17) is 4.74 Å². The Labute approximate surface area is 155 Å². The molecule has 1 saturated heterocycles. The van der Waals surface area contributed by atoms with Crippen LogP contribution in [0.2, 0.25) is 0 Å². The van der Waals surface area contributed by atoms with Crippen LogP contribution in [0.4, 0.5) is 12.9 Å². The van der Waals surface area contributed by atoms with Gasteiger partial charge >= 0.3 is 7.54 Å². The first-order chi connectivity index (χ1) is 11.8. The highest BCUT2D eigenvalue weighted by molar-refractivity contribution is 6.33. The Hall–Kier alpha value is -1.32. The van der Waals surface area contributed by atoms with Crippen molar-refractivity contribution in [3.05, 3.63) is 0 Å². The second-order valence-corrected chi connectivity index (χ2v) is 5.92. The van der Waals surface area contributed by atoms with E-state index < -0.39 is 7.54 Å². The molecule has 2 heterocycles. The Morgan fingerprint density at radius 3 is 2.04 bits per heavy atom. The van der Waals surface area contributed by atoms with Crippen molar-refractivity contribution in [2.75, 3.05) is 41.5 Å². The van der Waals surface area contributed by atoms with Gasteiger partial charge in [0.25, 0.3) is 0 Å². The lowest BCUT2D eigenvalue weighted by atomic mass is 10.2. The molecule has 156 valence electrons. The summed E-state index contributed by atoms with van der Waals surface area (Å²) in [7, 11) is 3.78. The summed E-state index contributed by atoms with van der Waals surface area (Å²) in [5, 5.41) is 2.81. The van der Waals surface area contributed by atoms with E-state index in [0.717, 1.165) is 44.7 Å². The van der Waals surface area contributed by atoms with Gasteiger partial charge in [-0.3, -0.25) is 22.7 Å². The molecular formula is C16H33BF4N2O3. The van der Waals surface area contributed by atoms with Gasteiger partial charge in [0.15, 0.2) is 5.90 Å². The van der Waals surface area contributed by atoms with Gasteiger partial charge in [-0.25, -0.2) is 0 Å². The lowest BCUT2D eigenvalue weighted by molar-refractivity contribution is -0.120. The molecule has 10 heteroatoms. The van der Waals surface area contributed by atoms with Crippen LogP contribution in [-0.4, -0.2) is 60.9 Å². The van der Waals surface area contributed by atoms with Gasteiger partial charge in [0, 0.05) is 25.9 Å². The van der Waals surface area contributed by atoms with Crippen LogP contribution in [0.5, 0.6) is 0 Å². The quantitative estimate of drug-likeness (QED) is 0.375. The monoisotopic (exact) mass is 388 g/mol. The number of amides is 1. The van der Waals surface area contributed by atoms with E-state index in [1.807, 2.05) is 21.3 Å². The first-order valence-corrected chi connectivity index (χ1v) is 8.55. The number of hydrogen-bond donors (Lipinski definition) is 1. The number of methoxy groups -OCH3 is 1. The highest BCUT2D eigenvalue weighted by Gasteiger charge is 2.06. The number of carbonyl (C=O) groups excluding carboxylic acids is 1. The van der Waals surface area contributed by atoms with Crippen LogP contribution < -0.4 is 10.0 Å². The van der Waals surface area contributed by atoms with Gasteiger partial charge in [-0.1, -0.05) is 12.8 Å². The molecule has 2 aliphatic heterocycles. The molecule has 0 spiro atoms. The lowest BCUT2D eigenvalue weighted by Gasteiger charge is -1.98. The fourth-order valence-corrected chi connectivity index (χ4v) is 1.92. The summed E-state index contributed by atoms with van der Waals surface area (Å²) in [6.07, 6.45) is 8.99. The molecule has 0 bridgehead atoms. The zero-order valence-corrected chi connectivity index (χ0v) is 16.3. The maximum absolute atomic E-state index is 10.6. The van der Waals surface area contributed by atoms with Crippen LogP contribution in [0.25, 0.3) is 0 Å². The van der Waals surface area contributed by atoms with Crippen molar-refractivity contribution in [2.24, 2.45) is 4.99 Å². The molecule has 2 aliphatic rings. The molecule has 0 aromatic carbocycles. The van der Waals surface area contributed by atoms with Gasteiger partial charge < -0.3 is 19.1 Å². The zero-order valence-electron chi connectivity index (χ0n) is 16.3. The first-order valence-electron chi connectivity index (χ1n) is 8.55. The maximum Gasteiger partial charge on any atom is 0.762 e. The van der Waals surface area contributed by atoms with E-state index in [-0.39, 0.29) is 10.6 Å². The van der Waals surface area contributed by atoms with Gasteiger partial charge in [0.05, 0.1) is 7.11 Å². The molecule has 1 N–H and O–H groups in total. The summed E-state index contributed by atoms with van der Waals surface area (Å²) in [4.78, 5) is 14.8. The SMILES string of the molecule is COC1=NCCCCC1.C[O+](C)C.FB(F)F.O=C1CCCCCN1.[F-]. The molecule has 0 aromatic heterocycles. The second-order valence-electron chi connectivity index (χ2n) is 5.92. The van der Waals surface area contributed by atoms with E-state index >= 15 is 0 Å². The molecule has 26 heavy (non-hydrogen) atoms. The molecule has 1 fully saturated rings. The van der Waals surface area contributed by atoms with Gasteiger partial charge in [-0.15, -0.1) is 0 Å². The summed E-state index contributed by atoms with van der Waals surface area (Å²) in [6.45, 7) is 1.85. The molecule has 0 unspecified atom stereocenters. The minimum atomic E-state index is -3.67. The largest absolute Gasteiger partial charge is 1.00 e. The second kappa shape index (κ2) is 21.7. The van der Waals surface area contributed by atoms with Gasteiger partial charge in [-0.05, 0) is 25.7 Å². The van der Waals surface area contributed by atoms with Crippen LogP contribution in [0.1, 0.15) is 51.4 Å². The molecule has 0 radical (unpaired) electrons. The summed E-state index contributed by atoms with van der Waals surface area (Å²) < 4.78 is 36.6. The number of aliphatic imine (C=N–C) groups is 1. The highest BCUT2D eigenvalue weighted by atomic mass is 19.4. The van der Waals surface area contributed by atoms with E-state index in [0.29, 0.717) is 0 Å². The normalized spacial score (nSPS) is 16.2. The van der Waals surface area contributed by atoms with Crippen LogP contribution in [0, 0.1) is 0 Å². The van der Waals surface area contributed by atoms with Gasteiger partial charge in [0.2, 0.25) is 5.91 Å². The summed E-state index contributed by atoms with van der Waals surface area (Å²) in [6, 6.07) is 0. The summed E-state index contributed by atoms with van der Waals surface area (Å²) >= 11 is 0. The zero-order chi connectivity index (χ0) is 19.5. The van der Waals surface area contributed by atoms with Crippen molar-refractivity contribution in [3.63, 3.8) is 0 Å². The minimum absolute atomic E-state index is 0. The number of nitrogens with one attached hydrogen (secondary N) is 1. The fraction of sp³-hybridized carbons (Fsp3) is 0.875. The van der Waals surface area contributed by atoms with E-state index in [2.05, 4.69) is 14.7 Å². The van der Waals surface area contributed by atoms with Crippen molar-refractivity contribution in [3.8, 4) is 0 Å². The Kier molecular flexibility index (Phi) is 24.6. The Morgan fingerprint density at radius 1 is 1.00 bits per heavy atom. The highest BCUT2D eigenvalue weighted by Crippen LogP contribution is 2.07. The number of hydrogen-bond acceptors (Lipinski definition) is 3. The van der Waals surface area contributed by atoms with Gasteiger partial charge in [-0.2, -0.15) is 0 Å². The van der Waals surface area contributed by atoms with E-state index in [1.165, 1.54) is 25.7 Å². The molecule has 2 rings (SSSR count). The number of nitrogens with zero attached hydrogens (tertiary/aromatic N) is 1. The standard InChI is InChI=1S/C7H13NO.C6H11NO.C3H9O.BF3.FH/c1-9-7-5-3-2-4-6-8-7;8-6-4-2-1-3-5-7-6;1-4(2)3;2-1(3)4;/h2-6H2,1H3;1-5H2,(H,7,8);1-3H3;;1H/q;;+1;;/p-1. The smallest absolute Gasteiger partial charge is 0.762 e. The Balaban J connectivity index is -0.000000287. The third-order valence-corrected chi connectivity index (χ3v) is 2.98. The van der Waals surface area contributed by atoms with Crippen molar-refractivity contribution >= 4 is 19.3 Å². The molecule has 1 amide bonds. The number of carbonyl (C=O) groups is 1. The Bertz CT molecular complexity index is 328. The third kappa shape index (κ3) is 30.6. The predicted molar refractivity (Wildman–Crippen MR) is 97.2 cm³/mol. The van der Waals surface area contributed by atoms with Crippen LogP contribution in [0.15, 0.2) is 4.99 Å². The minimum Gasteiger partial charge on any atom is -1.00 e. The predicted octanol–water partition coefficient (Wildman–Crippen LogP) is 0.594. The summed E-state index contributed by atoms with van der Waals surface area (Å²) in [5.74, 6) is 1.16. The fourth-order valence-electron chi connectivity index (χ4n) is 1.92. The summed E-state index contributed by atoms with van der Waals surface area (Å²) in [5.41, 5.74) is 0. The molecule has 5 nitrogen and oxygen atoms in total. The van der Waals surface area contributed by atoms with Crippen molar-refractivity contribution < 1.29 is 31.5 Å². The molecule has 0 atom stereocenters. The average Bonchev–Trinajstić information content (AvgIpc) is 2.91. The molecular weight excluding hydrogens is 355 g/mol. The van der Waals surface area contributed by atoms with Gasteiger partial charge in [0.1, 0.15) is 21.3 Å². The van der Waals surface area contributed by atoms with Crippen LogP contribution >= 0.6 is 0 Å². The van der Waals surface area contributed by atoms with Crippen molar-refractivity contribution in [1.29, 1.82) is 0 Å². The number of ether oxygens (including phenoxy) is 1. The Morgan fingerprint density at radius 2 is 1.50 bits per heavy atom. The van der Waals surface area contributed by atoms with E-state index in [1.54, 1.807) is 7.11 Å². The van der Waals surface area contributed by atoms with E-state index in [9.17, 15) is 17.7 Å². The first kappa shape index (κ1) is 29.4.